The Hall–Kier alpha value is -1.55. The van der Waals surface area contributed by atoms with Gasteiger partial charge in [-0.1, -0.05) is 12.1 Å². The predicted octanol–water partition coefficient (Wildman–Crippen LogP) is 3.07. The van der Waals surface area contributed by atoms with Crippen molar-refractivity contribution in [1.82, 2.24) is 4.90 Å². The van der Waals surface area contributed by atoms with Gasteiger partial charge in [-0.2, -0.15) is 0 Å². The standard InChI is InChI=1S/C16H24N2O2/c1-12-6-5-7-15(13(12)2)17-16(20)18(14-8-9-14)10-3-4-11-19/h5-7,14,19H,3-4,8-11H2,1-2H3,(H,17,20). The summed E-state index contributed by atoms with van der Waals surface area (Å²) in [5.41, 5.74) is 3.19. The van der Waals surface area contributed by atoms with Crippen LogP contribution in [0.4, 0.5) is 10.5 Å². The monoisotopic (exact) mass is 276 g/mol. The van der Waals surface area contributed by atoms with Gasteiger partial charge in [-0.05, 0) is 56.7 Å². The molecule has 0 atom stereocenters. The van der Waals surface area contributed by atoms with Crippen molar-refractivity contribution in [1.29, 1.82) is 0 Å². The maximum Gasteiger partial charge on any atom is 0.322 e. The predicted molar refractivity (Wildman–Crippen MR) is 81.0 cm³/mol. The number of urea groups is 1. The van der Waals surface area contributed by atoms with Crippen LogP contribution < -0.4 is 5.32 Å². The molecular formula is C16H24N2O2. The van der Waals surface area contributed by atoms with Gasteiger partial charge in [0.15, 0.2) is 0 Å². The summed E-state index contributed by atoms with van der Waals surface area (Å²) in [6, 6.07) is 6.33. The van der Waals surface area contributed by atoms with E-state index in [1.165, 1.54) is 5.56 Å². The average Bonchev–Trinajstić information content (AvgIpc) is 3.24. The molecule has 0 saturated heterocycles. The van der Waals surface area contributed by atoms with Crippen LogP contribution in [0, 0.1) is 13.8 Å². The first kappa shape index (κ1) is 14.9. The summed E-state index contributed by atoms with van der Waals surface area (Å²) in [4.78, 5) is 14.3. The fourth-order valence-corrected chi connectivity index (χ4v) is 2.30. The Balaban J connectivity index is 1.99. The van der Waals surface area contributed by atoms with Crippen LogP contribution in [0.1, 0.15) is 36.8 Å². The van der Waals surface area contributed by atoms with Gasteiger partial charge in [-0.25, -0.2) is 4.79 Å². The molecule has 0 radical (unpaired) electrons. The van der Waals surface area contributed by atoms with Gasteiger partial charge in [0.1, 0.15) is 0 Å². The first-order valence-electron chi connectivity index (χ1n) is 7.38. The number of nitrogens with one attached hydrogen (secondary N) is 1. The Kier molecular flexibility index (Phi) is 5.01. The van der Waals surface area contributed by atoms with Gasteiger partial charge in [-0.3, -0.25) is 0 Å². The zero-order valence-corrected chi connectivity index (χ0v) is 12.4. The number of carbonyl (C=O) groups is 1. The number of benzene rings is 1. The highest BCUT2D eigenvalue weighted by molar-refractivity contribution is 5.90. The maximum absolute atomic E-state index is 12.4. The number of aliphatic hydroxyl groups excluding tert-OH is 1. The third kappa shape index (κ3) is 3.73. The highest BCUT2D eigenvalue weighted by Gasteiger charge is 2.32. The number of rotatable bonds is 6. The van der Waals surface area contributed by atoms with E-state index < -0.39 is 0 Å². The molecule has 0 bridgehead atoms. The number of anilines is 1. The Labute approximate surface area is 120 Å². The summed E-state index contributed by atoms with van der Waals surface area (Å²) < 4.78 is 0. The van der Waals surface area contributed by atoms with Gasteiger partial charge < -0.3 is 15.3 Å². The second kappa shape index (κ2) is 6.75. The number of aryl methyl sites for hydroxylation is 1. The lowest BCUT2D eigenvalue weighted by molar-refractivity contribution is 0.204. The van der Waals surface area contributed by atoms with Crippen LogP contribution in [-0.2, 0) is 0 Å². The zero-order chi connectivity index (χ0) is 14.5. The van der Waals surface area contributed by atoms with E-state index in [4.69, 9.17) is 5.11 Å². The zero-order valence-electron chi connectivity index (χ0n) is 12.4. The molecular weight excluding hydrogens is 252 g/mol. The normalized spacial score (nSPS) is 14.2. The minimum absolute atomic E-state index is 0.0147. The molecule has 2 N–H and O–H groups in total. The molecule has 2 rings (SSSR count). The fraction of sp³-hybridized carbons (Fsp3) is 0.562. The van der Waals surface area contributed by atoms with Crippen LogP contribution in [0.2, 0.25) is 0 Å². The number of hydrogen-bond donors (Lipinski definition) is 2. The second-order valence-corrected chi connectivity index (χ2v) is 5.53. The second-order valence-electron chi connectivity index (χ2n) is 5.53. The van der Waals surface area contributed by atoms with Crippen molar-refractivity contribution in [3.63, 3.8) is 0 Å². The van der Waals surface area contributed by atoms with E-state index in [-0.39, 0.29) is 12.6 Å². The number of nitrogens with zero attached hydrogens (tertiary/aromatic N) is 1. The first-order chi connectivity index (χ1) is 9.63. The van der Waals surface area contributed by atoms with Crippen LogP contribution in [0.3, 0.4) is 0 Å². The number of aliphatic hydroxyl groups is 1. The molecule has 1 fully saturated rings. The lowest BCUT2D eigenvalue weighted by Crippen LogP contribution is -2.37. The van der Waals surface area contributed by atoms with Crippen LogP contribution in [0.25, 0.3) is 0 Å². The molecule has 0 spiro atoms. The Morgan fingerprint density at radius 2 is 2.10 bits per heavy atom. The summed E-state index contributed by atoms with van der Waals surface area (Å²) in [6.07, 6.45) is 3.80. The SMILES string of the molecule is Cc1cccc(NC(=O)N(CCCCO)C2CC2)c1C. The number of carbonyl (C=O) groups excluding carboxylic acids is 1. The lowest BCUT2D eigenvalue weighted by Gasteiger charge is -2.23. The molecule has 4 nitrogen and oxygen atoms in total. The van der Waals surface area contributed by atoms with Crippen LogP contribution in [0.15, 0.2) is 18.2 Å². The average molecular weight is 276 g/mol. The first-order valence-corrected chi connectivity index (χ1v) is 7.38. The van der Waals surface area contributed by atoms with Gasteiger partial charge in [0.05, 0.1) is 0 Å². The Morgan fingerprint density at radius 3 is 2.75 bits per heavy atom. The topological polar surface area (TPSA) is 52.6 Å². The molecule has 110 valence electrons. The summed E-state index contributed by atoms with van der Waals surface area (Å²) in [7, 11) is 0. The quantitative estimate of drug-likeness (QED) is 0.785. The number of unbranched alkanes of at least 4 members (excludes halogenated alkanes) is 1. The molecule has 0 aromatic heterocycles. The van der Waals surface area contributed by atoms with E-state index in [9.17, 15) is 4.79 Å². The molecule has 20 heavy (non-hydrogen) atoms. The van der Waals surface area contributed by atoms with Crippen molar-refractivity contribution >= 4 is 11.7 Å². The minimum Gasteiger partial charge on any atom is -0.396 e. The largest absolute Gasteiger partial charge is 0.396 e. The third-order valence-electron chi connectivity index (χ3n) is 3.90. The van der Waals surface area contributed by atoms with Crippen molar-refractivity contribution in [3.8, 4) is 0 Å². The van der Waals surface area contributed by atoms with E-state index in [0.717, 1.165) is 43.5 Å². The molecule has 1 aromatic carbocycles. The van der Waals surface area contributed by atoms with Gasteiger partial charge in [0, 0.05) is 24.9 Å². The molecule has 1 aromatic rings. The highest BCUT2D eigenvalue weighted by atomic mass is 16.3. The molecule has 0 heterocycles. The highest BCUT2D eigenvalue weighted by Crippen LogP contribution is 2.28. The summed E-state index contributed by atoms with van der Waals surface area (Å²) in [6.45, 7) is 4.99. The van der Waals surface area contributed by atoms with Crippen molar-refractivity contribution in [2.45, 2.75) is 45.6 Å². The summed E-state index contributed by atoms with van der Waals surface area (Å²) in [5, 5.41) is 11.9. The minimum atomic E-state index is -0.0147. The van der Waals surface area contributed by atoms with Crippen molar-refractivity contribution in [2.24, 2.45) is 0 Å². The van der Waals surface area contributed by atoms with Gasteiger partial charge in [-0.15, -0.1) is 0 Å². The smallest absolute Gasteiger partial charge is 0.322 e. The molecule has 1 aliphatic rings. The molecule has 4 heteroatoms. The van der Waals surface area contributed by atoms with E-state index in [1.807, 2.05) is 36.9 Å². The number of hydrogen-bond acceptors (Lipinski definition) is 2. The Morgan fingerprint density at radius 1 is 1.35 bits per heavy atom. The van der Waals surface area contributed by atoms with Crippen molar-refractivity contribution in [2.75, 3.05) is 18.5 Å². The van der Waals surface area contributed by atoms with Crippen molar-refractivity contribution < 1.29 is 9.90 Å². The van der Waals surface area contributed by atoms with Gasteiger partial charge in [0.2, 0.25) is 0 Å². The van der Waals surface area contributed by atoms with Crippen molar-refractivity contribution in [3.05, 3.63) is 29.3 Å². The van der Waals surface area contributed by atoms with E-state index in [0.29, 0.717) is 6.04 Å². The fourth-order valence-electron chi connectivity index (χ4n) is 2.30. The summed E-state index contributed by atoms with van der Waals surface area (Å²) in [5.74, 6) is 0. The maximum atomic E-state index is 12.4. The van der Waals surface area contributed by atoms with Gasteiger partial charge in [0.25, 0.3) is 0 Å². The molecule has 1 aliphatic carbocycles. The van der Waals surface area contributed by atoms with Crippen LogP contribution >= 0.6 is 0 Å². The summed E-state index contributed by atoms with van der Waals surface area (Å²) >= 11 is 0. The molecule has 0 unspecified atom stereocenters. The van der Waals surface area contributed by atoms with Crippen LogP contribution in [-0.4, -0.2) is 35.2 Å². The van der Waals surface area contributed by atoms with Crippen LogP contribution in [0.5, 0.6) is 0 Å². The number of amides is 2. The van der Waals surface area contributed by atoms with E-state index >= 15 is 0 Å². The third-order valence-corrected chi connectivity index (χ3v) is 3.90. The van der Waals surface area contributed by atoms with Gasteiger partial charge >= 0.3 is 6.03 Å². The van der Waals surface area contributed by atoms with E-state index in [1.54, 1.807) is 0 Å². The lowest BCUT2D eigenvalue weighted by atomic mass is 10.1. The molecule has 1 saturated carbocycles. The molecule has 0 aliphatic heterocycles. The van der Waals surface area contributed by atoms with E-state index in [2.05, 4.69) is 5.32 Å². The Bertz CT molecular complexity index is 470. The molecule has 2 amide bonds.